The van der Waals surface area contributed by atoms with E-state index in [1.807, 2.05) is 19.2 Å². The van der Waals surface area contributed by atoms with Gasteiger partial charge in [-0.25, -0.2) is 4.98 Å². The molecule has 1 amide bonds. The van der Waals surface area contributed by atoms with E-state index in [1.54, 1.807) is 0 Å². The van der Waals surface area contributed by atoms with Crippen LogP contribution in [-0.2, 0) is 4.79 Å². The summed E-state index contributed by atoms with van der Waals surface area (Å²) in [6.07, 6.45) is 2.45. The van der Waals surface area contributed by atoms with Gasteiger partial charge in [-0.05, 0) is 18.8 Å². The second-order valence-electron chi connectivity index (χ2n) is 4.61. The minimum absolute atomic E-state index is 0. The van der Waals surface area contributed by atoms with Gasteiger partial charge in [0, 0.05) is 11.3 Å². The fraction of sp³-hybridized carbons (Fsp3) is 0.636. The number of halogens is 1. The first kappa shape index (κ1) is 14.4. The van der Waals surface area contributed by atoms with E-state index in [0.29, 0.717) is 11.0 Å². The molecule has 2 rings (SSSR count). The van der Waals surface area contributed by atoms with Crippen molar-refractivity contribution in [2.24, 2.45) is 11.7 Å². The van der Waals surface area contributed by atoms with E-state index < -0.39 is 6.04 Å². The second kappa shape index (κ2) is 5.80. The molecule has 0 bridgehead atoms. The zero-order chi connectivity index (χ0) is 11.7. The molecule has 3 N–H and O–H groups in total. The lowest BCUT2D eigenvalue weighted by molar-refractivity contribution is -0.118. The van der Waals surface area contributed by atoms with Crippen LogP contribution in [0.15, 0.2) is 5.38 Å². The number of nitrogens with zero attached hydrogens (tertiary/aromatic N) is 1. The van der Waals surface area contributed by atoms with Crippen LogP contribution in [0.25, 0.3) is 0 Å². The molecule has 1 heterocycles. The summed E-state index contributed by atoms with van der Waals surface area (Å²) < 4.78 is 0. The van der Waals surface area contributed by atoms with Crippen molar-refractivity contribution in [1.29, 1.82) is 0 Å². The van der Waals surface area contributed by atoms with E-state index in [4.69, 9.17) is 5.73 Å². The number of anilines is 1. The van der Waals surface area contributed by atoms with E-state index >= 15 is 0 Å². The van der Waals surface area contributed by atoms with E-state index in [0.717, 1.165) is 5.69 Å². The van der Waals surface area contributed by atoms with Gasteiger partial charge in [-0.15, -0.1) is 23.7 Å². The Morgan fingerprint density at radius 2 is 2.24 bits per heavy atom. The summed E-state index contributed by atoms with van der Waals surface area (Å²) in [6.45, 7) is 3.86. The first-order valence-corrected chi connectivity index (χ1v) is 6.47. The van der Waals surface area contributed by atoms with Gasteiger partial charge in [0.05, 0.1) is 11.7 Å². The van der Waals surface area contributed by atoms with Gasteiger partial charge in [0.1, 0.15) is 0 Å². The molecule has 96 valence electrons. The summed E-state index contributed by atoms with van der Waals surface area (Å²) in [7, 11) is 0. The quantitative estimate of drug-likeness (QED) is 0.886. The smallest absolute Gasteiger partial charge is 0.243 e. The number of hydrogen-bond donors (Lipinski definition) is 2. The van der Waals surface area contributed by atoms with Gasteiger partial charge in [-0.3, -0.25) is 4.79 Å². The Balaban J connectivity index is 0.00000144. The van der Waals surface area contributed by atoms with E-state index in [1.165, 1.54) is 24.2 Å². The van der Waals surface area contributed by atoms with E-state index in [9.17, 15) is 4.79 Å². The van der Waals surface area contributed by atoms with Crippen molar-refractivity contribution in [1.82, 2.24) is 4.98 Å². The third-order valence-electron chi connectivity index (χ3n) is 2.77. The van der Waals surface area contributed by atoms with E-state index in [-0.39, 0.29) is 24.2 Å². The van der Waals surface area contributed by atoms with Gasteiger partial charge < -0.3 is 11.1 Å². The average Bonchev–Trinajstić information content (AvgIpc) is 2.99. The number of hydrogen-bond acceptors (Lipinski definition) is 4. The van der Waals surface area contributed by atoms with Crippen molar-refractivity contribution in [3.05, 3.63) is 11.1 Å². The van der Waals surface area contributed by atoms with Crippen LogP contribution in [0.3, 0.4) is 0 Å². The molecule has 0 radical (unpaired) electrons. The standard InChI is InChI=1S/C11H17N3OS.ClH/c1-6(2)9(12)10(15)14-11-13-8(5-16-11)7-3-4-7;/h5-7,9H,3-4,12H2,1-2H3,(H,13,14,15);1H/t9-;/m0./s1. The maximum atomic E-state index is 11.7. The molecule has 4 nitrogen and oxygen atoms in total. The Bertz CT molecular complexity index is 390. The molecule has 0 spiro atoms. The average molecular weight is 276 g/mol. The summed E-state index contributed by atoms with van der Waals surface area (Å²) in [6, 6.07) is -0.465. The third kappa shape index (κ3) is 3.66. The number of nitrogens with two attached hydrogens (primary N) is 1. The fourth-order valence-corrected chi connectivity index (χ4v) is 2.20. The normalized spacial score (nSPS) is 16.5. The number of nitrogens with one attached hydrogen (secondary N) is 1. The summed E-state index contributed by atoms with van der Waals surface area (Å²) in [4.78, 5) is 16.1. The summed E-state index contributed by atoms with van der Waals surface area (Å²) >= 11 is 1.48. The SMILES string of the molecule is CC(C)[C@H](N)C(=O)Nc1nc(C2CC2)cs1.Cl. The molecule has 1 fully saturated rings. The predicted octanol–water partition coefficient (Wildman–Crippen LogP) is 2.36. The number of carbonyl (C=O) groups is 1. The number of thiazole rings is 1. The van der Waals surface area contributed by atoms with Gasteiger partial charge in [0.15, 0.2) is 5.13 Å². The monoisotopic (exact) mass is 275 g/mol. The zero-order valence-electron chi connectivity index (χ0n) is 9.97. The molecule has 1 aliphatic carbocycles. The molecular formula is C11H18ClN3OS. The van der Waals surface area contributed by atoms with Crippen LogP contribution >= 0.6 is 23.7 Å². The van der Waals surface area contributed by atoms with E-state index in [2.05, 4.69) is 10.3 Å². The fourth-order valence-electron chi connectivity index (χ4n) is 1.40. The predicted molar refractivity (Wildman–Crippen MR) is 72.8 cm³/mol. The Morgan fingerprint density at radius 3 is 2.76 bits per heavy atom. The van der Waals surface area contributed by atoms with Crippen LogP contribution in [0.1, 0.15) is 38.3 Å². The van der Waals surface area contributed by atoms with Crippen molar-refractivity contribution >= 4 is 34.8 Å². The molecule has 1 aliphatic rings. The lowest BCUT2D eigenvalue weighted by Crippen LogP contribution is -2.39. The van der Waals surface area contributed by atoms with Crippen LogP contribution in [0.2, 0.25) is 0 Å². The lowest BCUT2D eigenvalue weighted by Gasteiger charge is -2.13. The van der Waals surface area contributed by atoms with Crippen molar-refractivity contribution in [3.8, 4) is 0 Å². The maximum absolute atomic E-state index is 11.7. The van der Waals surface area contributed by atoms with Gasteiger partial charge in [-0.2, -0.15) is 0 Å². The number of rotatable bonds is 4. The molecule has 1 aromatic heterocycles. The van der Waals surface area contributed by atoms with Crippen molar-refractivity contribution in [2.45, 2.75) is 38.6 Å². The number of carbonyl (C=O) groups excluding carboxylic acids is 1. The molecule has 0 saturated heterocycles. The molecule has 1 saturated carbocycles. The minimum atomic E-state index is -0.465. The van der Waals surface area contributed by atoms with Crippen LogP contribution in [0, 0.1) is 5.92 Å². The van der Waals surface area contributed by atoms with Crippen molar-refractivity contribution in [2.75, 3.05) is 5.32 Å². The molecule has 17 heavy (non-hydrogen) atoms. The number of aromatic nitrogens is 1. The highest BCUT2D eigenvalue weighted by Gasteiger charge is 2.26. The molecule has 1 atom stereocenters. The van der Waals surface area contributed by atoms with Gasteiger partial charge >= 0.3 is 0 Å². The third-order valence-corrected chi connectivity index (χ3v) is 3.54. The van der Waals surface area contributed by atoms with Crippen molar-refractivity contribution < 1.29 is 4.79 Å². The zero-order valence-corrected chi connectivity index (χ0v) is 11.6. The first-order valence-electron chi connectivity index (χ1n) is 5.60. The highest BCUT2D eigenvalue weighted by Crippen LogP contribution is 2.40. The summed E-state index contributed by atoms with van der Waals surface area (Å²) in [5.74, 6) is 0.621. The highest BCUT2D eigenvalue weighted by atomic mass is 35.5. The topological polar surface area (TPSA) is 68.0 Å². The van der Waals surface area contributed by atoms with Crippen LogP contribution in [-0.4, -0.2) is 16.9 Å². The highest BCUT2D eigenvalue weighted by molar-refractivity contribution is 7.13. The molecule has 0 aliphatic heterocycles. The van der Waals surface area contributed by atoms with Gasteiger partial charge in [0.25, 0.3) is 0 Å². The van der Waals surface area contributed by atoms with Crippen LogP contribution < -0.4 is 11.1 Å². The summed E-state index contributed by atoms with van der Waals surface area (Å²) in [5.41, 5.74) is 6.86. The van der Waals surface area contributed by atoms with Crippen molar-refractivity contribution in [3.63, 3.8) is 0 Å². The second-order valence-corrected chi connectivity index (χ2v) is 5.47. The summed E-state index contributed by atoms with van der Waals surface area (Å²) in [5, 5.41) is 5.46. The molecule has 1 aromatic rings. The molecular weight excluding hydrogens is 258 g/mol. The first-order chi connectivity index (χ1) is 7.58. The Labute approximate surface area is 111 Å². The van der Waals surface area contributed by atoms with Gasteiger partial charge in [0.2, 0.25) is 5.91 Å². The Hall–Kier alpha value is -0.650. The van der Waals surface area contributed by atoms with Crippen LogP contribution in [0.5, 0.6) is 0 Å². The lowest BCUT2D eigenvalue weighted by atomic mass is 10.1. The molecule has 0 aromatic carbocycles. The largest absolute Gasteiger partial charge is 0.320 e. The minimum Gasteiger partial charge on any atom is -0.320 e. The molecule has 6 heteroatoms. The van der Waals surface area contributed by atoms with Gasteiger partial charge in [-0.1, -0.05) is 13.8 Å². The van der Waals surface area contributed by atoms with Crippen LogP contribution in [0.4, 0.5) is 5.13 Å². The Kier molecular flexibility index (Phi) is 4.91. The number of amides is 1. The molecule has 0 unspecified atom stereocenters. The maximum Gasteiger partial charge on any atom is 0.243 e. The Morgan fingerprint density at radius 1 is 1.59 bits per heavy atom.